The zero-order valence-corrected chi connectivity index (χ0v) is 11.8. The zero-order valence-electron chi connectivity index (χ0n) is 11.8. The fourth-order valence-electron chi connectivity index (χ4n) is 2.62. The third-order valence-corrected chi connectivity index (χ3v) is 3.72. The molecule has 0 fully saturated rings. The van der Waals surface area contributed by atoms with Crippen molar-refractivity contribution >= 4 is 11.9 Å². The van der Waals surface area contributed by atoms with Crippen molar-refractivity contribution in [2.75, 3.05) is 12.8 Å². The van der Waals surface area contributed by atoms with Gasteiger partial charge in [-0.3, -0.25) is 9.89 Å². The minimum absolute atomic E-state index is 0.0545. The van der Waals surface area contributed by atoms with Gasteiger partial charge in [-0.05, 0) is 29.8 Å². The topological polar surface area (TPSA) is 101 Å². The third kappa shape index (κ3) is 1.86. The van der Waals surface area contributed by atoms with Gasteiger partial charge in [0, 0.05) is 24.7 Å². The fourth-order valence-corrected chi connectivity index (χ4v) is 2.62. The number of carbonyl (C=O) groups is 1. The van der Waals surface area contributed by atoms with Gasteiger partial charge in [0.25, 0.3) is 5.91 Å². The number of amides is 1. The first kappa shape index (κ1) is 12.6. The van der Waals surface area contributed by atoms with Crippen molar-refractivity contribution in [3.63, 3.8) is 0 Å². The van der Waals surface area contributed by atoms with E-state index in [1.807, 2.05) is 24.3 Å². The average Bonchev–Trinajstić information content (AvgIpc) is 3.20. The van der Waals surface area contributed by atoms with E-state index in [1.54, 1.807) is 18.0 Å². The number of hydrogen-bond donors (Lipinski definition) is 2. The molecular formula is C15H13N5O2. The molecule has 0 unspecified atom stereocenters. The first-order chi connectivity index (χ1) is 10.6. The van der Waals surface area contributed by atoms with Crippen LogP contribution in [0.25, 0.3) is 22.9 Å². The molecule has 1 aliphatic heterocycles. The van der Waals surface area contributed by atoms with Crippen LogP contribution in [0.4, 0.5) is 5.95 Å². The quantitative estimate of drug-likeness (QED) is 0.752. The molecule has 1 amide bonds. The monoisotopic (exact) mass is 295 g/mol. The first-order valence-electron chi connectivity index (χ1n) is 6.78. The molecular weight excluding hydrogens is 282 g/mol. The molecule has 7 nitrogen and oxygen atoms in total. The number of rotatable bonds is 2. The Morgan fingerprint density at radius 1 is 1.27 bits per heavy atom. The van der Waals surface area contributed by atoms with Crippen LogP contribution in [0.3, 0.4) is 0 Å². The molecule has 0 aliphatic carbocycles. The van der Waals surface area contributed by atoms with Gasteiger partial charge in [-0.25, -0.2) is 0 Å². The maximum absolute atomic E-state index is 11.9. The van der Waals surface area contributed by atoms with E-state index < -0.39 is 0 Å². The van der Waals surface area contributed by atoms with Gasteiger partial charge in [-0.1, -0.05) is 6.07 Å². The number of aromatic nitrogens is 3. The molecule has 22 heavy (non-hydrogen) atoms. The number of nitrogens with one attached hydrogen (secondary N) is 1. The number of nitrogen functional groups attached to an aromatic ring is 1. The number of hydrogen-bond acceptors (Lipinski definition) is 5. The van der Waals surface area contributed by atoms with Gasteiger partial charge in [0.1, 0.15) is 5.76 Å². The Balaban J connectivity index is 1.70. The number of carbonyl (C=O) groups excluding carboxylic acids is 1. The van der Waals surface area contributed by atoms with Gasteiger partial charge >= 0.3 is 0 Å². The van der Waals surface area contributed by atoms with E-state index in [9.17, 15) is 4.79 Å². The summed E-state index contributed by atoms with van der Waals surface area (Å²) in [6.45, 7) is 0.619. The molecule has 4 rings (SSSR count). The molecule has 1 aromatic carbocycles. The summed E-state index contributed by atoms with van der Waals surface area (Å²) in [6.07, 6.45) is 0. The van der Waals surface area contributed by atoms with Crippen molar-refractivity contribution in [1.29, 1.82) is 0 Å². The number of nitrogens with two attached hydrogens (primary N) is 1. The van der Waals surface area contributed by atoms with Crippen molar-refractivity contribution in [2.24, 2.45) is 0 Å². The Kier molecular flexibility index (Phi) is 2.56. The van der Waals surface area contributed by atoms with Gasteiger partial charge in [-0.2, -0.15) is 4.98 Å². The normalized spacial score (nSPS) is 13.7. The lowest BCUT2D eigenvalue weighted by atomic mass is 10.0. The van der Waals surface area contributed by atoms with Crippen molar-refractivity contribution in [3.8, 4) is 22.9 Å². The van der Waals surface area contributed by atoms with Crippen LogP contribution in [0.2, 0.25) is 0 Å². The summed E-state index contributed by atoms with van der Waals surface area (Å²) in [5, 5.41) is 6.49. The van der Waals surface area contributed by atoms with Crippen molar-refractivity contribution in [2.45, 2.75) is 6.54 Å². The van der Waals surface area contributed by atoms with Crippen LogP contribution >= 0.6 is 0 Å². The summed E-state index contributed by atoms with van der Waals surface area (Å²) in [4.78, 5) is 17.6. The van der Waals surface area contributed by atoms with Gasteiger partial charge in [0.15, 0.2) is 11.6 Å². The molecule has 3 N–H and O–H groups in total. The summed E-state index contributed by atoms with van der Waals surface area (Å²) < 4.78 is 5.79. The van der Waals surface area contributed by atoms with E-state index in [4.69, 9.17) is 10.2 Å². The van der Waals surface area contributed by atoms with Crippen LogP contribution in [0.15, 0.2) is 34.7 Å². The van der Waals surface area contributed by atoms with E-state index in [2.05, 4.69) is 15.2 Å². The van der Waals surface area contributed by atoms with Crippen LogP contribution in [0.5, 0.6) is 0 Å². The Bertz CT molecular complexity index is 880. The summed E-state index contributed by atoms with van der Waals surface area (Å²) >= 11 is 0. The fraction of sp³-hybridized carbons (Fsp3) is 0.133. The Morgan fingerprint density at radius 2 is 2.09 bits per heavy atom. The second-order valence-electron chi connectivity index (χ2n) is 5.24. The molecule has 0 radical (unpaired) electrons. The number of fused-ring (bicyclic) bond motifs is 1. The average molecular weight is 295 g/mol. The molecule has 0 bridgehead atoms. The highest BCUT2D eigenvalue weighted by atomic mass is 16.3. The molecule has 0 saturated heterocycles. The zero-order chi connectivity index (χ0) is 15.3. The van der Waals surface area contributed by atoms with Crippen LogP contribution in [-0.2, 0) is 6.54 Å². The highest BCUT2D eigenvalue weighted by Gasteiger charge is 2.24. The van der Waals surface area contributed by atoms with Crippen LogP contribution in [-0.4, -0.2) is 33.0 Å². The van der Waals surface area contributed by atoms with Crippen LogP contribution < -0.4 is 5.73 Å². The van der Waals surface area contributed by atoms with Crippen LogP contribution in [0, 0.1) is 0 Å². The van der Waals surface area contributed by atoms with E-state index in [0.29, 0.717) is 23.9 Å². The summed E-state index contributed by atoms with van der Waals surface area (Å²) in [7, 11) is 1.79. The summed E-state index contributed by atoms with van der Waals surface area (Å²) in [5.74, 6) is 1.98. The molecule has 3 aromatic rings. The Morgan fingerprint density at radius 3 is 2.86 bits per heavy atom. The maximum Gasteiger partial charge on any atom is 0.254 e. The van der Waals surface area contributed by atoms with Gasteiger partial charge in [0.2, 0.25) is 5.95 Å². The summed E-state index contributed by atoms with van der Waals surface area (Å²) in [6, 6.07) is 9.36. The van der Waals surface area contributed by atoms with Crippen molar-refractivity contribution in [1.82, 2.24) is 20.1 Å². The molecule has 0 saturated carbocycles. The van der Waals surface area contributed by atoms with Crippen LogP contribution in [0.1, 0.15) is 15.9 Å². The second-order valence-corrected chi connectivity index (χ2v) is 5.24. The predicted molar refractivity (Wildman–Crippen MR) is 79.7 cm³/mol. The maximum atomic E-state index is 11.9. The Labute approximate surface area is 125 Å². The number of nitrogens with zero attached hydrogens (tertiary/aromatic N) is 3. The SMILES string of the molecule is CN1Cc2cc(-c3ccc(-c4nc(N)n[nH]4)o3)ccc2C1=O. The lowest BCUT2D eigenvalue weighted by Crippen LogP contribution is -2.17. The standard InChI is InChI=1S/C15H13N5O2/c1-20-7-9-6-8(2-3-10(9)14(20)21)11-4-5-12(22-11)13-17-15(16)19-18-13/h2-6H,7H2,1H3,(H3,16,17,18,19). The molecule has 0 spiro atoms. The smallest absolute Gasteiger partial charge is 0.254 e. The molecule has 3 heterocycles. The number of anilines is 1. The van der Waals surface area contributed by atoms with Crippen molar-refractivity contribution < 1.29 is 9.21 Å². The highest BCUT2D eigenvalue weighted by molar-refractivity contribution is 5.98. The molecule has 2 aromatic heterocycles. The van der Waals surface area contributed by atoms with Gasteiger partial charge < -0.3 is 15.1 Å². The van der Waals surface area contributed by atoms with E-state index in [1.165, 1.54) is 0 Å². The summed E-state index contributed by atoms with van der Waals surface area (Å²) in [5.41, 5.74) is 8.16. The molecule has 0 atom stereocenters. The number of H-pyrrole nitrogens is 1. The number of furan rings is 1. The third-order valence-electron chi connectivity index (χ3n) is 3.72. The van der Waals surface area contributed by atoms with Crippen molar-refractivity contribution in [3.05, 3.63) is 41.5 Å². The largest absolute Gasteiger partial charge is 0.453 e. The predicted octanol–water partition coefficient (Wildman–Crippen LogP) is 1.90. The highest BCUT2D eigenvalue weighted by Crippen LogP contribution is 2.30. The number of benzene rings is 1. The van der Waals surface area contributed by atoms with Gasteiger partial charge in [-0.15, -0.1) is 5.10 Å². The molecule has 1 aliphatic rings. The number of aromatic amines is 1. The lowest BCUT2D eigenvalue weighted by molar-refractivity contribution is 0.0816. The minimum atomic E-state index is 0.0545. The van der Waals surface area contributed by atoms with Gasteiger partial charge in [0.05, 0.1) is 0 Å². The van der Waals surface area contributed by atoms with E-state index in [-0.39, 0.29) is 11.9 Å². The Hall–Kier alpha value is -3.09. The second kappa shape index (κ2) is 4.45. The first-order valence-corrected chi connectivity index (χ1v) is 6.78. The van der Waals surface area contributed by atoms with E-state index >= 15 is 0 Å². The molecule has 110 valence electrons. The van der Waals surface area contributed by atoms with E-state index in [0.717, 1.165) is 16.7 Å². The molecule has 7 heteroatoms. The lowest BCUT2D eigenvalue weighted by Gasteiger charge is -2.04. The minimum Gasteiger partial charge on any atom is -0.453 e.